The van der Waals surface area contributed by atoms with Crippen molar-refractivity contribution in [1.82, 2.24) is 0 Å². The smallest absolute Gasteiger partial charge is 0.229 e. The molecule has 5 atom stereocenters. The van der Waals surface area contributed by atoms with Crippen LogP contribution in [0.3, 0.4) is 0 Å². The van der Waals surface area contributed by atoms with Crippen LogP contribution in [0.25, 0.3) is 0 Å². The summed E-state index contributed by atoms with van der Waals surface area (Å²) in [5, 5.41) is 38.8. The number of benzene rings is 1. The topological polar surface area (TPSA) is 109 Å². The summed E-state index contributed by atoms with van der Waals surface area (Å²) in [6.07, 6.45) is 3.55. The fourth-order valence-corrected chi connectivity index (χ4v) is 3.34. The maximum Gasteiger partial charge on any atom is 0.229 e. The minimum Gasteiger partial charge on any atom is -0.494 e. The Kier molecular flexibility index (Phi) is 10.7. The number of rotatable bonds is 13. The molecule has 0 bridgehead atoms. The van der Waals surface area contributed by atoms with Gasteiger partial charge in [-0.2, -0.15) is 0 Å². The van der Waals surface area contributed by atoms with Crippen molar-refractivity contribution in [2.75, 3.05) is 13.2 Å². The van der Waals surface area contributed by atoms with Gasteiger partial charge in [-0.25, -0.2) is 0 Å². The van der Waals surface area contributed by atoms with Crippen LogP contribution in [-0.2, 0) is 4.74 Å². The van der Waals surface area contributed by atoms with Crippen LogP contribution in [0.5, 0.6) is 11.5 Å². The molecule has 1 saturated heterocycles. The highest BCUT2D eigenvalue weighted by atomic mass is 16.7. The fraction of sp³-hybridized carbons (Fsp3) is 0.727. The lowest BCUT2D eigenvalue weighted by atomic mass is 9.99. The molecule has 1 aromatic carbocycles. The predicted octanol–water partition coefficient (Wildman–Crippen LogP) is 2.38. The molecule has 0 unspecified atom stereocenters. The van der Waals surface area contributed by atoms with Crippen LogP contribution in [0.4, 0.5) is 0 Å². The second-order valence-corrected chi connectivity index (χ2v) is 7.61. The van der Waals surface area contributed by atoms with E-state index in [2.05, 4.69) is 6.92 Å². The van der Waals surface area contributed by atoms with Crippen LogP contribution in [0.2, 0.25) is 0 Å². The van der Waals surface area contributed by atoms with Crippen molar-refractivity contribution in [2.24, 2.45) is 0 Å². The Bertz CT molecular complexity index is 549. The van der Waals surface area contributed by atoms with E-state index in [0.29, 0.717) is 12.4 Å². The molecule has 1 aromatic rings. The van der Waals surface area contributed by atoms with E-state index in [1.165, 1.54) is 44.9 Å². The summed E-state index contributed by atoms with van der Waals surface area (Å²) < 4.78 is 16.6. The van der Waals surface area contributed by atoms with E-state index in [1.807, 2.05) is 0 Å². The summed E-state index contributed by atoms with van der Waals surface area (Å²) in [6.45, 7) is 2.41. The van der Waals surface area contributed by atoms with Gasteiger partial charge in [-0.15, -0.1) is 0 Å². The summed E-state index contributed by atoms with van der Waals surface area (Å²) in [5.41, 5.74) is 0. The maximum absolute atomic E-state index is 10.0. The van der Waals surface area contributed by atoms with Crippen LogP contribution in [-0.4, -0.2) is 64.3 Å². The highest BCUT2D eigenvalue weighted by Crippen LogP contribution is 2.25. The summed E-state index contributed by atoms with van der Waals surface area (Å²) in [4.78, 5) is 0. The quantitative estimate of drug-likeness (QED) is 0.368. The van der Waals surface area contributed by atoms with Gasteiger partial charge in [0.15, 0.2) is 0 Å². The first-order valence-corrected chi connectivity index (χ1v) is 10.8. The first-order chi connectivity index (χ1) is 14.1. The van der Waals surface area contributed by atoms with Gasteiger partial charge < -0.3 is 34.6 Å². The SMILES string of the molecule is CCCCCCCCCCOc1ccc(O[C@@H]2O[C@H](CO)[C@@H](O)[C@H](O)[C@H]2O)cc1. The molecule has 166 valence electrons. The number of hydrogen-bond acceptors (Lipinski definition) is 7. The van der Waals surface area contributed by atoms with Crippen LogP contribution >= 0.6 is 0 Å². The molecule has 0 saturated carbocycles. The van der Waals surface area contributed by atoms with Gasteiger partial charge in [-0.3, -0.25) is 0 Å². The fourth-order valence-electron chi connectivity index (χ4n) is 3.34. The Balaban J connectivity index is 1.68. The molecule has 29 heavy (non-hydrogen) atoms. The van der Waals surface area contributed by atoms with E-state index in [4.69, 9.17) is 14.2 Å². The molecule has 4 N–H and O–H groups in total. The normalized spacial score (nSPS) is 27.0. The first kappa shape index (κ1) is 23.9. The summed E-state index contributed by atoms with van der Waals surface area (Å²) in [5.74, 6) is 1.16. The minimum atomic E-state index is -1.46. The molecule has 2 rings (SSSR count). The van der Waals surface area contributed by atoms with Gasteiger partial charge in [-0.1, -0.05) is 51.9 Å². The van der Waals surface area contributed by atoms with E-state index < -0.39 is 37.3 Å². The zero-order valence-corrected chi connectivity index (χ0v) is 17.3. The highest BCUT2D eigenvalue weighted by Gasteiger charge is 2.44. The van der Waals surface area contributed by atoms with Crippen molar-refractivity contribution in [1.29, 1.82) is 0 Å². The van der Waals surface area contributed by atoms with Gasteiger partial charge in [0, 0.05) is 0 Å². The summed E-state index contributed by atoms with van der Waals surface area (Å²) in [7, 11) is 0. The van der Waals surface area contributed by atoms with Gasteiger partial charge in [0.2, 0.25) is 6.29 Å². The third-order valence-electron chi connectivity index (χ3n) is 5.19. The molecule has 1 fully saturated rings. The van der Waals surface area contributed by atoms with E-state index in [9.17, 15) is 20.4 Å². The van der Waals surface area contributed by atoms with Crippen molar-refractivity contribution in [3.8, 4) is 11.5 Å². The van der Waals surface area contributed by atoms with Gasteiger partial charge in [0.05, 0.1) is 13.2 Å². The molecule has 0 amide bonds. The third-order valence-corrected chi connectivity index (χ3v) is 5.19. The predicted molar refractivity (Wildman–Crippen MR) is 109 cm³/mol. The van der Waals surface area contributed by atoms with E-state index in [1.54, 1.807) is 24.3 Å². The molecular formula is C22H36O7. The molecule has 7 heteroatoms. The Hall–Kier alpha value is -1.38. The number of aliphatic hydroxyl groups is 4. The lowest BCUT2D eigenvalue weighted by Crippen LogP contribution is -2.60. The lowest BCUT2D eigenvalue weighted by molar-refractivity contribution is -0.277. The molecule has 1 aliphatic rings. The molecule has 0 radical (unpaired) electrons. The first-order valence-electron chi connectivity index (χ1n) is 10.8. The molecule has 7 nitrogen and oxygen atoms in total. The Labute approximate surface area is 173 Å². The standard InChI is InChI=1S/C22H36O7/c1-2-3-4-5-6-7-8-9-14-27-16-10-12-17(13-11-16)28-22-21(26)20(25)19(24)18(15-23)29-22/h10-13,18-26H,2-9,14-15H2,1H3/t18-,19-,20+,21-,22-/m1/s1. The molecule has 0 spiro atoms. The number of ether oxygens (including phenoxy) is 3. The van der Waals surface area contributed by atoms with Crippen LogP contribution in [0, 0.1) is 0 Å². The molecule has 0 aromatic heterocycles. The highest BCUT2D eigenvalue weighted by molar-refractivity contribution is 5.31. The minimum absolute atomic E-state index is 0.425. The third kappa shape index (κ3) is 7.75. The van der Waals surface area contributed by atoms with E-state index in [-0.39, 0.29) is 0 Å². The van der Waals surface area contributed by atoms with Crippen molar-refractivity contribution >= 4 is 0 Å². The zero-order chi connectivity index (χ0) is 21.1. The average molecular weight is 413 g/mol. The summed E-state index contributed by atoms with van der Waals surface area (Å²) >= 11 is 0. The Morgan fingerprint density at radius 2 is 1.38 bits per heavy atom. The lowest BCUT2D eigenvalue weighted by Gasteiger charge is -2.39. The van der Waals surface area contributed by atoms with Crippen LogP contribution < -0.4 is 9.47 Å². The van der Waals surface area contributed by atoms with Gasteiger partial charge in [-0.05, 0) is 30.7 Å². The second-order valence-electron chi connectivity index (χ2n) is 7.61. The Morgan fingerprint density at radius 1 is 0.793 bits per heavy atom. The largest absolute Gasteiger partial charge is 0.494 e. The monoisotopic (exact) mass is 412 g/mol. The van der Waals surface area contributed by atoms with Crippen LogP contribution in [0.1, 0.15) is 58.3 Å². The Morgan fingerprint density at radius 3 is 2.00 bits per heavy atom. The number of aliphatic hydroxyl groups excluding tert-OH is 4. The summed E-state index contributed by atoms with van der Waals surface area (Å²) in [6, 6.07) is 6.91. The molecule has 1 heterocycles. The molecule has 0 aliphatic carbocycles. The average Bonchev–Trinajstić information content (AvgIpc) is 2.74. The zero-order valence-electron chi connectivity index (χ0n) is 17.3. The van der Waals surface area contributed by atoms with Crippen molar-refractivity contribution in [2.45, 2.75) is 89.0 Å². The van der Waals surface area contributed by atoms with Crippen molar-refractivity contribution < 1.29 is 34.6 Å². The van der Waals surface area contributed by atoms with E-state index >= 15 is 0 Å². The molecular weight excluding hydrogens is 376 g/mol. The van der Waals surface area contributed by atoms with E-state index in [0.717, 1.165) is 12.2 Å². The second kappa shape index (κ2) is 13.0. The van der Waals surface area contributed by atoms with Gasteiger partial charge in [0.25, 0.3) is 0 Å². The maximum atomic E-state index is 10.0. The van der Waals surface area contributed by atoms with Crippen LogP contribution in [0.15, 0.2) is 24.3 Å². The van der Waals surface area contributed by atoms with Gasteiger partial charge >= 0.3 is 0 Å². The number of unbranched alkanes of at least 4 members (excludes halogenated alkanes) is 7. The van der Waals surface area contributed by atoms with Crippen molar-refractivity contribution in [3.63, 3.8) is 0 Å². The van der Waals surface area contributed by atoms with Crippen molar-refractivity contribution in [3.05, 3.63) is 24.3 Å². The molecule has 1 aliphatic heterocycles. The van der Waals surface area contributed by atoms with Gasteiger partial charge in [0.1, 0.15) is 35.9 Å². The number of hydrogen-bond donors (Lipinski definition) is 4.